The summed E-state index contributed by atoms with van der Waals surface area (Å²) in [7, 11) is 1.82. The molecule has 1 rings (SSSR count). The Morgan fingerprint density at radius 2 is 2.00 bits per heavy atom. The first-order valence-electron chi connectivity index (χ1n) is 3.78. The SMILES string of the molecule is CNC(=S)/C=C/c1ccccc1. The van der Waals surface area contributed by atoms with E-state index >= 15 is 0 Å². The fraction of sp³-hybridized carbons (Fsp3) is 0.100. The van der Waals surface area contributed by atoms with Crippen LogP contribution in [0.4, 0.5) is 0 Å². The third-order valence-electron chi connectivity index (χ3n) is 1.47. The molecule has 0 fully saturated rings. The second kappa shape index (κ2) is 4.67. The maximum Gasteiger partial charge on any atom is 0.0985 e. The van der Waals surface area contributed by atoms with Crippen molar-refractivity contribution in [3.05, 3.63) is 42.0 Å². The van der Waals surface area contributed by atoms with Gasteiger partial charge in [0, 0.05) is 7.05 Å². The summed E-state index contributed by atoms with van der Waals surface area (Å²) >= 11 is 4.96. The van der Waals surface area contributed by atoms with Crippen molar-refractivity contribution in [2.24, 2.45) is 0 Å². The van der Waals surface area contributed by atoms with E-state index < -0.39 is 0 Å². The van der Waals surface area contributed by atoms with Crippen LogP contribution in [0.1, 0.15) is 5.56 Å². The number of benzene rings is 1. The Kier molecular flexibility index (Phi) is 3.48. The predicted octanol–water partition coefficient (Wildman–Crippen LogP) is 2.25. The average Bonchev–Trinajstić information content (AvgIpc) is 2.16. The molecule has 1 N–H and O–H groups in total. The molecular weight excluding hydrogens is 166 g/mol. The largest absolute Gasteiger partial charge is 0.379 e. The second-order valence-electron chi connectivity index (χ2n) is 2.36. The van der Waals surface area contributed by atoms with Gasteiger partial charge in [-0.1, -0.05) is 48.6 Å². The van der Waals surface area contributed by atoms with Crippen molar-refractivity contribution in [3.8, 4) is 0 Å². The zero-order chi connectivity index (χ0) is 8.81. The Morgan fingerprint density at radius 3 is 2.58 bits per heavy atom. The Balaban J connectivity index is 2.64. The molecule has 0 saturated heterocycles. The lowest BCUT2D eigenvalue weighted by Crippen LogP contribution is -2.11. The Bertz CT molecular complexity index is 277. The van der Waals surface area contributed by atoms with Gasteiger partial charge < -0.3 is 5.32 Å². The molecule has 0 aliphatic heterocycles. The molecule has 0 atom stereocenters. The molecule has 0 saturated carbocycles. The molecule has 1 nitrogen and oxygen atoms in total. The van der Waals surface area contributed by atoms with Crippen molar-refractivity contribution < 1.29 is 0 Å². The summed E-state index contributed by atoms with van der Waals surface area (Å²) in [5.41, 5.74) is 1.16. The van der Waals surface area contributed by atoms with Crippen LogP contribution in [-0.2, 0) is 0 Å². The van der Waals surface area contributed by atoms with Gasteiger partial charge in [0.2, 0.25) is 0 Å². The molecule has 0 aromatic heterocycles. The van der Waals surface area contributed by atoms with Crippen LogP contribution in [-0.4, -0.2) is 12.0 Å². The first kappa shape index (κ1) is 8.94. The van der Waals surface area contributed by atoms with Gasteiger partial charge in [0.25, 0.3) is 0 Å². The van der Waals surface area contributed by atoms with E-state index in [-0.39, 0.29) is 0 Å². The maximum absolute atomic E-state index is 4.96. The number of hydrogen-bond acceptors (Lipinski definition) is 1. The summed E-state index contributed by atoms with van der Waals surface area (Å²) in [5.74, 6) is 0. The molecule has 0 radical (unpaired) electrons. The molecule has 62 valence electrons. The van der Waals surface area contributed by atoms with E-state index in [9.17, 15) is 0 Å². The molecular formula is C10H11NS. The van der Waals surface area contributed by atoms with E-state index in [1.807, 2.05) is 49.5 Å². The standard InChI is InChI=1S/C10H11NS/c1-11-10(12)8-7-9-5-3-2-4-6-9/h2-8H,1H3,(H,11,12)/b8-7+. The lowest BCUT2D eigenvalue weighted by atomic mass is 10.2. The summed E-state index contributed by atoms with van der Waals surface area (Å²) < 4.78 is 0. The maximum atomic E-state index is 4.96. The van der Waals surface area contributed by atoms with Crippen LogP contribution in [0.3, 0.4) is 0 Å². The third-order valence-corrected chi connectivity index (χ3v) is 1.81. The van der Waals surface area contributed by atoms with Crippen molar-refractivity contribution in [1.29, 1.82) is 0 Å². The minimum Gasteiger partial charge on any atom is -0.379 e. The summed E-state index contributed by atoms with van der Waals surface area (Å²) in [6.45, 7) is 0. The van der Waals surface area contributed by atoms with Crippen LogP contribution >= 0.6 is 12.2 Å². The highest BCUT2D eigenvalue weighted by Gasteiger charge is 1.84. The molecule has 0 amide bonds. The van der Waals surface area contributed by atoms with Gasteiger partial charge >= 0.3 is 0 Å². The summed E-state index contributed by atoms with van der Waals surface area (Å²) in [6.07, 6.45) is 3.86. The number of likely N-dealkylation sites (N-methyl/N-ethyl adjacent to an activating group) is 1. The normalized spacial score (nSPS) is 10.1. The van der Waals surface area contributed by atoms with Gasteiger partial charge in [-0.15, -0.1) is 0 Å². The lowest BCUT2D eigenvalue weighted by molar-refractivity contribution is 1.21. The van der Waals surface area contributed by atoms with Crippen LogP contribution in [0.5, 0.6) is 0 Å². The van der Waals surface area contributed by atoms with Crippen molar-refractivity contribution in [2.45, 2.75) is 0 Å². The summed E-state index contributed by atoms with van der Waals surface area (Å²) in [4.78, 5) is 0.749. The van der Waals surface area contributed by atoms with E-state index in [1.165, 1.54) is 0 Å². The van der Waals surface area contributed by atoms with Crippen LogP contribution in [0.25, 0.3) is 6.08 Å². The zero-order valence-electron chi connectivity index (χ0n) is 6.95. The van der Waals surface area contributed by atoms with Gasteiger partial charge in [-0.25, -0.2) is 0 Å². The summed E-state index contributed by atoms with van der Waals surface area (Å²) in [6, 6.07) is 10.1. The minimum absolute atomic E-state index is 0.749. The topological polar surface area (TPSA) is 12.0 Å². The van der Waals surface area contributed by atoms with Gasteiger partial charge in [0.1, 0.15) is 0 Å². The number of hydrogen-bond donors (Lipinski definition) is 1. The van der Waals surface area contributed by atoms with Crippen molar-refractivity contribution >= 4 is 23.3 Å². The minimum atomic E-state index is 0.749. The molecule has 1 aromatic rings. The number of rotatable bonds is 2. The lowest BCUT2D eigenvalue weighted by Gasteiger charge is -1.93. The van der Waals surface area contributed by atoms with Gasteiger partial charge in [0.15, 0.2) is 0 Å². The highest BCUT2D eigenvalue weighted by atomic mass is 32.1. The Morgan fingerprint density at radius 1 is 1.33 bits per heavy atom. The highest BCUT2D eigenvalue weighted by Crippen LogP contribution is 2.00. The van der Waals surface area contributed by atoms with Gasteiger partial charge in [-0.05, 0) is 11.6 Å². The first-order chi connectivity index (χ1) is 5.83. The zero-order valence-corrected chi connectivity index (χ0v) is 7.77. The number of nitrogens with one attached hydrogen (secondary N) is 1. The van der Waals surface area contributed by atoms with E-state index in [4.69, 9.17) is 12.2 Å². The fourth-order valence-corrected chi connectivity index (χ4v) is 0.887. The van der Waals surface area contributed by atoms with Crippen LogP contribution in [0.15, 0.2) is 36.4 Å². The molecule has 12 heavy (non-hydrogen) atoms. The Hall–Kier alpha value is -1.15. The van der Waals surface area contributed by atoms with E-state index in [1.54, 1.807) is 0 Å². The molecule has 0 spiro atoms. The van der Waals surface area contributed by atoms with Crippen molar-refractivity contribution in [3.63, 3.8) is 0 Å². The third kappa shape index (κ3) is 2.84. The smallest absolute Gasteiger partial charge is 0.0985 e. The average molecular weight is 177 g/mol. The van der Waals surface area contributed by atoms with E-state index in [0.29, 0.717) is 0 Å². The molecule has 0 unspecified atom stereocenters. The molecule has 0 aliphatic rings. The van der Waals surface area contributed by atoms with E-state index in [0.717, 1.165) is 10.6 Å². The van der Waals surface area contributed by atoms with Gasteiger partial charge in [-0.2, -0.15) is 0 Å². The summed E-state index contributed by atoms with van der Waals surface area (Å²) in [5, 5.41) is 2.88. The predicted molar refractivity (Wildman–Crippen MR) is 57.1 cm³/mol. The first-order valence-corrected chi connectivity index (χ1v) is 4.18. The molecule has 0 aliphatic carbocycles. The highest BCUT2D eigenvalue weighted by molar-refractivity contribution is 7.80. The van der Waals surface area contributed by atoms with Crippen molar-refractivity contribution in [1.82, 2.24) is 5.32 Å². The van der Waals surface area contributed by atoms with Gasteiger partial charge in [-0.3, -0.25) is 0 Å². The van der Waals surface area contributed by atoms with Crippen LogP contribution < -0.4 is 5.32 Å². The van der Waals surface area contributed by atoms with Crippen LogP contribution in [0, 0.1) is 0 Å². The van der Waals surface area contributed by atoms with E-state index in [2.05, 4.69) is 5.32 Å². The molecule has 0 bridgehead atoms. The van der Waals surface area contributed by atoms with Crippen molar-refractivity contribution in [2.75, 3.05) is 7.05 Å². The van der Waals surface area contributed by atoms with Crippen LogP contribution in [0.2, 0.25) is 0 Å². The number of thiocarbonyl (C=S) groups is 1. The van der Waals surface area contributed by atoms with Gasteiger partial charge in [0.05, 0.1) is 4.99 Å². The molecule has 1 aromatic carbocycles. The second-order valence-corrected chi connectivity index (χ2v) is 2.80. The fourth-order valence-electron chi connectivity index (χ4n) is 0.819. The Labute approximate surface area is 78.1 Å². The molecule has 2 heteroatoms. The quantitative estimate of drug-likeness (QED) is 0.549. The monoisotopic (exact) mass is 177 g/mol. The molecule has 0 heterocycles.